The van der Waals surface area contributed by atoms with Crippen molar-refractivity contribution < 1.29 is 24.5 Å². The van der Waals surface area contributed by atoms with Gasteiger partial charge in [-0.3, -0.25) is 4.79 Å². The Morgan fingerprint density at radius 3 is 2.69 bits per heavy atom. The molecule has 2 aromatic rings. The van der Waals surface area contributed by atoms with E-state index in [4.69, 9.17) is 26.8 Å². The van der Waals surface area contributed by atoms with Gasteiger partial charge in [-0.25, -0.2) is 0 Å². The summed E-state index contributed by atoms with van der Waals surface area (Å²) >= 11 is 6.74. The summed E-state index contributed by atoms with van der Waals surface area (Å²) in [6.07, 6.45) is 4.64. The van der Waals surface area contributed by atoms with Crippen LogP contribution in [0.1, 0.15) is 63.0 Å². The van der Waals surface area contributed by atoms with Crippen molar-refractivity contribution in [3.05, 3.63) is 58.6 Å². The van der Waals surface area contributed by atoms with Gasteiger partial charge in [0.2, 0.25) is 5.91 Å². The van der Waals surface area contributed by atoms with E-state index in [-0.39, 0.29) is 23.8 Å². The highest BCUT2D eigenvalue weighted by Crippen LogP contribution is 2.47. The molecule has 1 amide bonds. The lowest BCUT2D eigenvalue weighted by molar-refractivity contribution is -0.141. The summed E-state index contributed by atoms with van der Waals surface area (Å²) in [6.45, 7) is 3.75. The summed E-state index contributed by atoms with van der Waals surface area (Å²) in [4.78, 5) is 15.3. The van der Waals surface area contributed by atoms with Gasteiger partial charge in [-0.15, -0.1) is 0 Å². The minimum Gasteiger partial charge on any atom is -0.455 e. The predicted molar refractivity (Wildman–Crippen MR) is 153 cm³/mol. The Morgan fingerprint density at radius 2 is 1.97 bits per heavy atom. The average Bonchev–Trinajstić information content (AvgIpc) is 3.29. The molecule has 0 radical (unpaired) electrons. The molecule has 0 aromatic heterocycles. The molecule has 1 saturated heterocycles. The van der Waals surface area contributed by atoms with Crippen LogP contribution in [0, 0.1) is 11.8 Å². The molecule has 39 heavy (non-hydrogen) atoms. The van der Waals surface area contributed by atoms with Crippen molar-refractivity contribution >= 4 is 17.5 Å². The molecule has 4 rings (SSSR count). The maximum atomic E-state index is 13.4. The van der Waals surface area contributed by atoms with Crippen molar-refractivity contribution in [1.29, 1.82) is 0 Å². The fourth-order valence-electron chi connectivity index (χ4n) is 6.23. The van der Waals surface area contributed by atoms with Crippen molar-refractivity contribution in [2.45, 2.75) is 76.0 Å². The SMILES string of the molecule is CCc1ccccc1Oc1c(Cl)cccc1C(O)(CCCCOC)C1CCCN(C(=O)C2CC(N)C(O)C2)C1. The Bertz CT molecular complexity index is 1100. The normalized spacial score (nSPS) is 24.9. The first-order chi connectivity index (χ1) is 18.8. The number of piperidine rings is 1. The quantitative estimate of drug-likeness (QED) is 0.334. The summed E-state index contributed by atoms with van der Waals surface area (Å²) in [5.74, 6) is 0.710. The Morgan fingerprint density at radius 1 is 1.18 bits per heavy atom. The van der Waals surface area contributed by atoms with E-state index >= 15 is 0 Å². The monoisotopic (exact) mass is 558 g/mol. The molecule has 214 valence electrons. The molecule has 2 aliphatic rings. The lowest BCUT2D eigenvalue weighted by Crippen LogP contribution is -2.49. The number of amides is 1. The van der Waals surface area contributed by atoms with Crippen molar-refractivity contribution in [1.82, 2.24) is 4.90 Å². The number of nitrogens with two attached hydrogens (primary N) is 1. The first-order valence-corrected chi connectivity index (χ1v) is 14.6. The highest BCUT2D eigenvalue weighted by molar-refractivity contribution is 6.32. The number of para-hydroxylation sites is 2. The van der Waals surface area contributed by atoms with Crippen molar-refractivity contribution in [3.63, 3.8) is 0 Å². The van der Waals surface area contributed by atoms with Gasteiger partial charge >= 0.3 is 0 Å². The topological polar surface area (TPSA) is 105 Å². The fourth-order valence-corrected chi connectivity index (χ4v) is 6.45. The summed E-state index contributed by atoms with van der Waals surface area (Å²) in [5.41, 5.74) is 6.44. The van der Waals surface area contributed by atoms with E-state index in [0.29, 0.717) is 61.0 Å². The van der Waals surface area contributed by atoms with E-state index in [1.807, 2.05) is 41.3 Å². The van der Waals surface area contributed by atoms with Gasteiger partial charge in [0.15, 0.2) is 5.75 Å². The Kier molecular flexibility index (Phi) is 10.3. The molecular formula is C31H43ClN2O5. The minimum absolute atomic E-state index is 0.0212. The number of methoxy groups -OCH3 is 1. The summed E-state index contributed by atoms with van der Waals surface area (Å²) in [5, 5.41) is 23.2. The number of rotatable bonds is 11. The van der Waals surface area contributed by atoms with Crippen molar-refractivity contribution in [2.24, 2.45) is 17.6 Å². The molecule has 2 aromatic carbocycles. The lowest BCUT2D eigenvalue weighted by Gasteiger charge is -2.44. The van der Waals surface area contributed by atoms with Crippen LogP contribution in [0.5, 0.6) is 11.5 Å². The highest BCUT2D eigenvalue weighted by Gasteiger charge is 2.45. The zero-order valence-electron chi connectivity index (χ0n) is 23.2. The fraction of sp³-hybridized carbons (Fsp3) is 0.581. The van der Waals surface area contributed by atoms with Crippen molar-refractivity contribution in [3.8, 4) is 11.5 Å². The van der Waals surface area contributed by atoms with Gasteiger partial charge in [-0.05, 0) is 69.1 Å². The van der Waals surface area contributed by atoms with Gasteiger partial charge in [0.25, 0.3) is 0 Å². The smallest absolute Gasteiger partial charge is 0.225 e. The molecule has 5 unspecified atom stereocenters. The third-order valence-electron chi connectivity index (χ3n) is 8.49. The van der Waals surface area contributed by atoms with Crippen molar-refractivity contribution in [2.75, 3.05) is 26.8 Å². The third kappa shape index (κ3) is 6.77. The minimum atomic E-state index is -1.26. The number of unbranched alkanes of at least 4 members (excludes halogenated alkanes) is 1. The Labute approximate surface area is 237 Å². The lowest BCUT2D eigenvalue weighted by atomic mass is 9.73. The van der Waals surface area contributed by atoms with Crippen LogP contribution in [0.25, 0.3) is 0 Å². The number of hydrogen-bond donors (Lipinski definition) is 3. The summed E-state index contributed by atoms with van der Waals surface area (Å²) in [7, 11) is 1.68. The molecule has 4 N–H and O–H groups in total. The number of aliphatic hydroxyl groups excluding tert-OH is 1. The summed E-state index contributed by atoms with van der Waals surface area (Å²) < 4.78 is 11.7. The third-order valence-corrected chi connectivity index (χ3v) is 8.79. The molecule has 2 fully saturated rings. The highest BCUT2D eigenvalue weighted by atomic mass is 35.5. The number of carbonyl (C=O) groups is 1. The standard InChI is InChI=1S/C31H43ClN2O5/c1-3-21-10-4-5-14-28(21)39-29-24(12-8-13-25(29)32)31(37,15-6-7-17-38-2)23-11-9-16-34(20-23)30(36)22-18-26(33)27(35)19-22/h4-5,8,10,12-14,22-23,26-27,35,37H,3,6-7,9,11,15-20,33H2,1-2H3. The van der Waals surface area contributed by atoms with Crippen LogP contribution in [0.2, 0.25) is 5.02 Å². The Balaban J connectivity index is 1.66. The largest absolute Gasteiger partial charge is 0.455 e. The van der Waals surface area contributed by atoms with E-state index in [2.05, 4.69) is 6.92 Å². The number of halogens is 1. The maximum absolute atomic E-state index is 13.4. The number of carbonyl (C=O) groups excluding carboxylic acids is 1. The van der Waals surface area contributed by atoms with Crippen LogP contribution < -0.4 is 10.5 Å². The molecule has 7 nitrogen and oxygen atoms in total. The second kappa shape index (κ2) is 13.5. The van der Waals surface area contributed by atoms with Gasteiger partial charge in [-0.1, -0.05) is 48.9 Å². The molecule has 1 heterocycles. The van der Waals surface area contributed by atoms with Gasteiger partial charge in [0, 0.05) is 50.2 Å². The zero-order valence-corrected chi connectivity index (χ0v) is 23.9. The molecule has 0 spiro atoms. The first kappa shape index (κ1) is 29.8. The van der Waals surface area contributed by atoms with E-state index < -0.39 is 11.7 Å². The second-order valence-electron chi connectivity index (χ2n) is 11.1. The zero-order chi connectivity index (χ0) is 28.0. The van der Waals surface area contributed by atoms with Crippen LogP contribution in [-0.4, -0.2) is 60.0 Å². The molecular weight excluding hydrogens is 516 g/mol. The van der Waals surface area contributed by atoms with Crippen LogP contribution in [0.4, 0.5) is 0 Å². The van der Waals surface area contributed by atoms with E-state index in [9.17, 15) is 15.0 Å². The predicted octanol–water partition coefficient (Wildman–Crippen LogP) is 5.04. The first-order valence-electron chi connectivity index (χ1n) is 14.3. The van der Waals surface area contributed by atoms with E-state index in [1.165, 1.54) is 0 Å². The number of benzene rings is 2. The number of hydrogen-bond acceptors (Lipinski definition) is 6. The molecule has 5 atom stereocenters. The number of likely N-dealkylation sites (tertiary alicyclic amines) is 1. The van der Waals surface area contributed by atoms with Crippen LogP contribution in [0.15, 0.2) is 42.5 Å². The molecule has 8 heteroatoms. The second-order valence-corrected chi connectivity index (χ2v) is 11.5. The van der Waals surface area contributed by atoms with Gasteiger partial charge in [-0.2, -0.15) is 0 Å². The van der Waals surface area contributed by atoms with Crippen LogP contribution in [-0.2, 0) is 21.6 Å². The molecule has 1 aliphatic heterocycles. The average molecular weight is 559 g/mol. The van der Waals surface area contributed by atoms with E-state index in [0.717, 1.165) is 37.7 Å². The van der Waals surface area contributed by atoms with Gasteiger partial charge in [0.05, 0.1) is 16.7 Å². The van der Waals surface area contributed by atoms with Gasteiger partial charge in [0.1, 0.15) is 5.75 Å². The Hall–Kier alpha value is -2.16. The number of aliphatic hydroxyl groups is 2. The van der Waals surface area contributed by atoms with Crippen LogP contribution in [0.3, 0.4) is 0 Å². The molecule has 1 aliphatic carbocycles. The van der Waals surface area contributed by atoms with E-state index in [1.54, 1.807) is 13.2 Å². The summed E-state index contributed by atoms with van der Waals surface area (Å²) in [6, 6.07) is 13.0. The number of ether oxygens (including phenoxy) is 2. The number of nitrogens with zero attached hydrogens (tertiary/aromatic N) is 1. The van der Waals surface area contributed by atoms with Crippen LogP contribution >= 0.6 is 11.6 Å². The molecule has 0 bridgehead atoms. The molecule has 1 saturated carbocycles. The number of aryl methyl sites for hydroxylation is 1. The maximum Gasteiger partial charge on any atom is 0.225 e. The van der Waals surface area contributed by atoms with Gasteiger partial charge < -0.3 is 30.3 Å².